The van der Waals surface area contributed by atoms with Gasteiger partial charge in [0.25, 0.3) is 0 Å². The van der Waals surface area contributed by atoms with E-state index in [-0.39, 0.29) is 5.91 Å². The van der Waals surface area contributed by atoms with Gasteiger partial charge in [0.15, 0.2) is 0 Å². The Morgan fingerprint density at radius 2 is 1.42 bits per heavy atom. The minimum atomic E-state index is 0.128. The van der Waals surface area contributed by atoms with Crippen molar-refractivity contribution in [3.8, 4) is 11.1 Å². The Labute approximate surface area is 115 Å². The molecule has 2 aromatic rings. The zero-order chi connectivity index (χ0) is 13.8. The molecule has 2 aromatic carbocycles. The predicted octanol–water partition coefficient (Wildman–Crippen LogP) is 1.24. The SMILES string of the molecule is Bc1ccc(-c2ccc(CC(=O)N(C)C)cc2)cc1. The van der Waals surface area contributed by atoms with E-state index < -0.39 is 0 Å². The summed E-state index contributed by atoms with van der Waals surface area (Å²) in [5, 5.41) is 0. The molecule has 3 heteroatoms. The molecule has 2 nitrogen and oxygen atoms in total. The van der Waals surface area contributed by atoms with Crippen molar-refractivity contribution in [1.29, 1.82) is 0 Å². The summed E-state index contributed by atoms with van der Waals surface area (Å²) in [6, 6.07) is 16.7. The van der Waals surface area contributed by atoms with Gasteiger partial charge in [0.2, 0.25) is 5.91 Å². The number of hydrogen-bond acceptors (Lipinski definition) is 1. The maximum atomic E-state index is 11.6. The van der Waals surface area contributed by atoms with Crippen molar-refractivity contribution in [2.75, 3.05) is 14.1 Å². The van der Waals surface area contributed by atoms with Crippen LogP contribution in [0.1, 0.15) is 5.56 Å². The molecular weight excluding hydrogens is 233 g/mol. The maximum Gasteiger partial charge on any atom is 0.226 e. The van der Waals surface area contributed by atoms with Gasteiger partial charge < -0.3 is 4.90 Å². The van der Waals surface area contributed by atoms with Gasteiger partial charge in [-0.2, -0.15) is 0 Å². The van der Waals surface area contributed by atoms with Gasteiger partial charge in [0.05, 0.1) is 6.42 Å². The van der Waals surface area contributed by atoms with Crippen LogP contribution >= 0.6 is 0 Å². The first-order chi connectivity index (χ1) is 9.06. The smallest absolute Gasteiger partial charge is 0.226 e. The molecule has 0 aliphatic rings. The van der Waals surface area contributed by atoms with Gasteiger partial charge in [-0.3, -0.25) is 4.79 Å². The normalized spacial score (nSPS) is 10.2. The van der Waals surface area contributed by atoms with Crippen molar-refractivity contribution in [3.05, 3.63) is 54.1 Å². The van der Waals surface area contributed by atoms with E-state index in [4.69, 9.17) is 0 Å². The fourth-order valence-electron chi connectivity index (χ4n) is 1.89. The zero-order valence-electron chi connectivity index (χ0n) is 11.7. The van der Waals surface area contributed by atoms with E-state index in [0.29, 0.717) is 6.42 Å². The van der Waals surface area contributed by atoms with Crippen LogP contribution in [0.4, 0.5) is 0 Å². The van der Waals surface area contributed by atoms with Gasteiger partial charge in [-0.1, -0.05) is 54.0 Å². The largest absolute Gasteiger partial charge is 0.349 e. The molecule has 0 atom stereocenters. The summed E-state index contributed by atoms with van der Waals surface area (Å²) < 4.78 is 0. The molecule has 0 aromatic heterocycles. The van der Waals surface area contributed by atoms with Crippen LogP contribution in [0.5, 0.6) is 0 Å². The van der Waals surface area contributed by atoms with Gasteiger partial charge in [-0.05, 0) is 16.7 Å². The Bertz CT molecular complexity index is 558. The van der Waals surface area contributed by atoms with Crippen molar-refractivity contribution in [2.45, 2.75) is 6.42 Å². The lowest BCUT2D eigenvalue weighted by Crippen LogP contribution is -2.23. The standard InChI is InChI=1S/C16H18BNO/c1-18(2)16(19)11-12-3-5-13(6-4-12)14-7-9-15(17)10-8-14/h3-10H,11,17H2,1-2H3. The summed E-state index contributed by atoms with van der Waals surface area (Å²) in [6.45, 7) is 0. The van der Waals surface area contributed by atoms with E-state index in [1.165, 1.54) is 16.6 Å². The van der Waals surface area contributed by atoms with Crippen molar-refractivity contribution in [3.63, 3.8) is 0 Å². The molecule has 0 radical (unpaired) electrons. The number of nitrogens with zero attached hydrogens (tertiary/aromatic N) is 1. The third-order valence-corrected chi connectivity index (χ3v) is 3.19. The topological polar surface area (TPSA) is 20.3 Å². The highest BCUT2D eigenvalue weighted by Crippen LogP contribution is 2.19. The maximum absolute atomic E-state index is 11.6. The van der Waals surface area contributed by atoms with Crippen LogP contribution in [0, 0.1) is 0 Å². The van der Waals surface area contributed by atoms with Crippen LogP contribution in [0.25, 0.3) is 11.1 Å². The van der Waals surface area contributed by atoms with Crippen LogP contribution in [0.15, 0.2) is 48.5 Å². The van der Waals surface area contributed by atoms with E-state index in [2.05, 4.69) is 44.2 Å². The third kappa shape index (κ3) is 3.47. The molecule has 0 fully saturated rings. The van der Waals surface area contributed by atoms with E-state index in [9.17, 15) is 4.79 Å². The lowest BCUT2D eigenvalue weighted by Gasteiger charge is -2.10. The molecule has 1 amide bonds. The second kappa shape index (κ2) is 5.74. The van der Waals surface area contributed by atoms with Crippen LogP contribution in [-0.2, 0) is 11.2 Å². The number of carbonyl (C=O) groups is 1. The Kier molecular flexibility index (Phi) is 4.05. The summed E-state index contributed by atoms with van der Waals surface area (Å²) in [5.74, 6) is 0.128. The van der Waals surface area contributed by atoms with E-state index >= 15 is 0 Å². The average Bonchev–Trinajstić information content (AvgIpc) is 2.40. The Morgan fingerprint density at radius 3 is 1.89 bits per heavy atom. The molecule has 0 aliphatic heterocycles. The Morgan fingerprint density at radius 1 is 0.947 bits per heavy atom. The molecule has 0 bridgehead atoms. The number of rotatable bonds is 3. The third-order valence-electron chi connectivity index (χ3n) is 3.19. The average molecular weight is 251 g/mol. The first-order valence-electron chi connectivity index (χ1n) is 6.42. The van der Waals surface area contributed by atoms with Gasteiger partial charge in [-0.25, -0.2) is 0 Å². The van der Waals surface area contributed by atoms with Crippen LogP contribution in [0.2, 0.25) is 0 Å². The first kappa shape index (κ1) is 13.4. The monoisotopic (exact) mass is 251 g/mol. The van der Waals surface area contributed by atoms with E-state index in [1.54, 1.807) is 19.0 Å². The van der Waals surface area contributed by atoms with Gasteiger partial charge >= 0.3 is 0 Å². The second-order valence-electron chi connectivity index (χ2n) is 5.03. The van der Waals surface area contributed by atoms with Gasteiger partial charge in [-0.15, -0.1) is 0 Å². The summed E-state index contributed by atoms with van der Waals surface area (Å²) in [7, 11) is 5.64. The summed E-state index contributed by atoms with van der Waals surface area (Å²) in [6.07, 6.45) is 0.460. The highest BCUT2D eigenvalue weighted by atomic mass is 16.2. The van der Waals surface area contributed by atoms with Gasteiger partial charge in [0.1, 0.15) is 7.85 Å². The van der Waals surface area contributed by atoms with Crippen LogP contribution in [-0.4, -0.2) is 32.7 Å². The summed E-state index contributed by atoms with van der Waals surface area (Å²) in [5.41, 5.74) is 4.70. The quantitative estimate of drug-likeness (QED) is 0.752. The molecule has 19 heavy (non-hydrogen) atoms. The molecule has 0 unspecified atom stereocenters. The summed E-state index contributed by atoms with van der Waals surface area (Å²) >= 11 is 0. The number of hydrogen-bond donors (Lipinski definition) is 0. The fourth-order valence-corrected chi connectivity index (χ4v) is 1.89. The lowest BCUT2D eigenvalue weighted by atomic mass is 9.93. The van der Waals surface area contributed by atoms with Crippen molar-refractivity contribution >= 4 is 19.2 Å². The molecular formula is C16H18BNO. The Hall–Kier alpha value is -2.03. The molecule has 0 saturated heterocycles. The minimum Gasteiger partial charge on any atom is -0.349 e. The minimum absolute atomic E-state index is 0.128. The number of carbonyl (C=O) groups excluding carboxylic acids is 1. The van der Waals surface area contributed by atoms with Crippen molar-refractivity contribution in [1.82, 2.24) is 4.90 Å². The molecule has 0 spiro atoms. The number of likely N-dealkylation sites (N-methyl/N-ethyl adjacent to an activating group) is 1. The van der Waals surface area contributed by atoms with E-state index in [1.807, 2.05) is 12.1 Å². The molecule has 0 saturated carbocycles. The number of benzene rings is 2. The van der Waals surface area contributed by atoms with Crippen molar-refractivity contribution < 1.29 is 4.79 Å². The number of amides is 1. The van der Waals surface area contributed by atoms with E-state index in [0.717, 1.165) is 5.56 Å². The van der Waals surface area contributed by atoms with Crippen molar-refractivity contribution in [2.24, 2.45) is 0 Å². The molecule has 96 valence electrons. The highest BCUT2D eigenvalue weighted by Gasteiger charge is 2.05. The molecule has 0 N–H and O–H groups in total. The second-order valence-corrected chi connectivity index (χ2v) is 5.03. The van der Waals surface area contributed by atoms with Gasteiger partial charge in [0, 0.05) is 14.1 Å². The molecule has 0 aliphatic carbocycles. The first-order valence-corrected chi connectivity index (χ1v) is 6.42. The highest BCUT2D eigenvalue weighted by molar-refractivity contribution is 6.32. The molecule has 0 heterocycles. The predicted molar refractivity (Wildman–Crippen MR) is 82.5 cm³/mol. The van der Waals surface area contributed by atoms with Crippen LogP contribution in [0.3, 0.4) is 0 Å². The lowest BCUT2D eigenvalue weighted by molar-refractivity contribution is -0.127. The fraction of sp³-hybridized carbons (Fsp3) is 0.188. The summed E-state index contributed by atoms with van der Waals surface area (Å²) in [4.78, 5) is 13.2. The van der Waals surface area contributed by atoms with Crippen LogP contribution < -0.4 is 5.46 Å². The Balaban J connectivity index is 2.14. The molecule has 2 rings (SSSR count). The zero-order valence-corrected chi connectivity index (χ0v) is 11.7.